The molecule has 6 nitrogen and oxygen atoms in total. The van der Waals surface area contributed by atoms with Gasteiger partial charge in [-0.2, -0.15) is 5.10 Å². The molecular formula is C22H18BrN3O3S. The van der Waals surface area contributed by atoms with Gasteiger partial charge >= 0.3 is 0 Å². The summed E-state index contributed by atoms with van der Waals surface area (Å²) in [5.74, 6) is 0.439. The normalized spacial score (nSPS) is 15.3. The highest BCUT2D eigenvalue weighted by Crippen LogP contribution is 2.36. The number of nitrogens with zero attached hydrogens (tertiary/aromatic N) is 3. The number of hydrogen-bond donors (Lipinski definition) is 0. The van der Waals surface area contributed by atoms with Crippen LogP contribution in [0.15, 0.2) is 64.1 Å². The number of imide groups is 1. The number of carbonyl (C=O) groups is 2. The molecule has 1 saturated heterocycles. The van der Waals surface area contributed by atoms with Gasteiger partial charge < -0.3 is 4.74 Å². The van der Waals surface area contributed by atoms with E-state index in [9.17, 15) is 9.59 Å². The summed E-state index contributed by atoms with van der Waals surface area (Å²) < 4.78 is 8.18. The molecule has 3 aromatic rings. The minimum atomic E-state index is -0.309. The standard InChI is InChI=1S/C22H18BrN3O3S/c1-3-29-18-10-9-14(11-17(18)23)20-15(12-19-21(27)25(2)22(28)30-19)13-26(24-20)16-7-5-4-6-8-16/h4-13H,3H2,1-2H3/b19-12-. The van der Waals surface area contributed by atoms with E-state index in [0.29, 0.717) is 17.2 Å². The van der Waals surface area contributed by atoms with Crippen LogP contribution >= 0.6 is 27.7 Å². The number of halogens is 1. The number of carbonyl (C=O) groups excluding carboxylic acids is 2. The van der Waals surface area contributed by atoms with Gasteiger partial charge in [0.05, 0.1) is 21.7 Å². The molecular weight excluding hydrogens is 466 g/mol. The third-order valence-corrected chi connectivity index (χ3v) is 6.12. The van der Waals surface area contributed by atoms with Gasteiger partial charge in [-0.3, -0.25) is 14.5 Å². The molecule has 30 heavy (non-hydrogen) atoms. The number of aromatic nitrogens is 2. The molecule has 1 fully saturated rings. The van der Waals surface area contributed by atoms with E-state index in [4.69, 9.17) is 9.84 Å². The van der Waals surface area contributed by atoms with E-state index in [1.54, 1.807) is 10.8 Å². The maximum absolute atomic E-state index is 12.4. The zero-order valence-electron chi connectivity index (χ0n) is 16.3. The Balaban J connectivity index is 1.83. The summed E-state index contributed by atoms with van der Waals surface area (Å²) in [5.41, 5.74) is 3.20. The topological polar surface area (TPSA) is 64.4 Å². The van der Waals surface area contributed by atoms with E-state index in [2.05, 4.69) is 15.9 Å². The van der Waals surface area contributed by atoms with Crippen LogP contribution in [0.4, 0.5) is 4.79 Å². The van der Waals surface area contributed by atoms with Crippen LogP contribution in [-0.4, -0.2) is 39.5 Å². The fraction of sp³-hybridized carbons (Fsp3) is 0.136. The summed E-state index contributed by atoms with van der Waals surface area (Å²) in [7, 11) is 1.48. The number of amides is 2. The maximum atomic E-state index is 12.4. The number of para-hydroxylation sites is 1. The second-order valence-electron chi connectivity index (χ2n) is 6.53. The van der Waals surface area contributed by atoms with Gasteiger partial charge in [0.1, 0.15) is 11.4 Å². The average molecular weight is 484 g/mol. The Bertz CT molecular complexity index is 1160. The second-order valence-corrected chi connectivity index (χ2v) is 8.38. The highest BCUT2D eigenvalue weighted by atomic mass is 79.9. The summed E-state index contributed by atoms with van der Waals surface area (Å²) in [4.78, 5) is 25.8. The average Bonchev–Trinajstić information content (AvgIpc) is 3.27. The number of hydrogen-bond acceptors (Lipinski definition) is 5. The van der Waals surface area contributed by atoms with Crippen LogP contribution in [-0.2, 0) is 4.79 Å². The summed E-state index contributed by atoms with van der Waals surface area (Å²) in [6.07, 6.45) is 3.58. The van der Waals surface area contributed by atoms with Crippen molar-refractivity contribution in [3.05, 3.63) is 69.7 Å². The van der Waals surface area contributed by atoms with Gasteiger partial charge in [0.25, 0.3) is 11.1 Å². The Morgan fingerprint density at radius 1 is 1.17 bits per heavy atom. The van der Waals surface area contributed by atoms with Crippen LogP contribution in [0.25, 0.3) is 23.0 Å². The minimum Gasteiger partial charge on any atom is -0.493 e. The Labute approximate surface area is 186 Å². The third kappa shape index (κ3) is 3.93. The van der Waals surface area contributed by atoms with E-state index in [1.807, 2.05) is 61.7 Å². The van der Waals surface area contributed by atoms with Crippen molar-refractivity contribution in [2.24, 2.45) is 0 Å². The highest BCUT2D eigenvalue weighted by Gasteiger charge is 2.32. The molecule has 1 aliphatic rings. The van der Waals surface area contributed by atoms with Gasteiger partial charge in [-0.1, -0.05) is 18.2 Å². The molecule has 2 heterocycles. The summed E-state index contributed by atoms with van der Waals surface area (Å²) in [6, 6.07) is 15.5. The van der Waals surface area contributed by atoms with Crippen molar-refractivity contribution in [1.82, 2.24) is 14.7 Å². The quantitative estimate of drug-likeness (QED) is 0.456. The van der Waals surface area contributed by atoms with Gasteiger partial charge in [-0.05, 0) is 71.0 Å². The van der Waals surface area contributed by atoms with Crippen LogP contribution in [0.1, 0.15) is 12.5 Å². The van der Waals surface area contributed by atoms with Crippen molar-refractivity contribution in [3.63, 3.8) is 0 Å². The van der Waals surface area contributed by atoms with Crippen LogP contribution in [0.5, 0.6) is 5.75 Å². The summed E-state index contributed by atoms with van der Waals surface area (Å²) in [5, 5.41) is 4.48. The van der Waals surface area contributed by atoms with Crippen LogP contribution in [0.2, 0.25) is 0 Å². The first-order valence-electron chi connectivity index (χ1n) is 9.27. The number of likely N-dealkylation sites (N-methyl/N-ethyl adjacent to an activating group) is 1. The molecule has 0 radical (unpaired) electrons. The zero-order valence-corrected chi connectivity index (χ0v) is 18.7. The monoisotopic (exact) mass is 483 g/mol. The first-order chi connectivity index (χ1) is 14.5. The minimum absolute atomic E-state index is 0.285. The number of benzene rings is 2. The second kappa shape index (κ2) is 8.49. The van der Waals surface area contributed by atoms with Crippen LogP contribution < -0.4 is 4.74 Å². The van der Waals surface area contributed by atoms with Crippen molar-refractivity contribution in [2.75, 3.05) is 13.7 Å². The van der Waals surface area contributed by atoms with Gasteiger partial charge in [0, 0.05) is 24.4 Å². The van der Waals surface area contributed by atoms with E-state index in [-0.39, 0.29) is 11.1 Å². The first kappa shape index (κ1) is 20.4. The van der Waals surface area contributed by atoms with Crippen LogP contribution in [0.3, 0.4) is 0 Å². The number of thioether (sulfide) groups is 1. The maximum Gasteiger partial charge on any atom is 0.293 e. The highest BCUT2D eigenvalue weighted by molar-refractivity contribution is 9.10. The number of ether oxygens (including phenoxy) is 1. The van der Waals surface area contributed by atoms with Gasteiger partial charge in [-0.25, -0.2) is 4.68 Å². The first-order valence-corrected chi connectivity index (χ1v) is 10.9. The summed E-state index contributed by atoms with van der Waals surface area (Å²) in [6.45, 7) is 2.50. The molecule has 0 atom stereocenters. The molecule has 0 saturated carbocycles. The lowest BCUT2D eigenvalue weighted by Crippen LogP contribution is -2.22. The van der Waals surface area contributed by atoms with E-state index >= 15 is 0 Å². The van der Waals surface area contributed by atoms with E-state index in [1.165, 1.54) is 7.05 Å². The fourth-order valence-corrected chi connectivity index (χ4v) is 4.35. The molecule has 0 N–H and O–H groups in total. The lowest BCUT2D eigenvalue weighted by Gasteiger charge is -2.07. The molecule has 2 amide bonds. The molecule has 4 rings (SSSR count). The van der Waals surface area contributed by atoms with Crippen molar-refractivity contribution in [2.45, 2.75) is 6.92 Å². The predicted octanol–water partition coefficient (Wildman–Crippen LogP) is 5.37. The smallest absolute Gasteiger partial charge is 0.293 e. The Kier molecular flexibility index (Phi) is 5.78. The van der Waals surface area contributed by atoms with Crippen molar-refractivity contribution in [1.29, 1.82) is 0 Å². The predicted molar refractivity (Wildman–Crippen MR) is 122 cm³/mol. The largest absolute Gasteiger partial charge is 0.493 e. The van der Waals surface area contributed by atoms with Gasteiger partial charge in [-0.15, -0.1) is 0 Å². The summed E-state index contributed by atoms with van der Waals surface area (Å²) >= 11 is 4.48. The Morgan fingerprint density at radius 3 is 2.57 bits per heavy atom. The third-order valence-electron chi connectivity index (χ3n) is 4.54. The van der Waals surface area contributed by atoms with Gasteiger partial charge in [0.2, 0.25) is 0 Å². The molecule has 0 aliphatic carbocycles. The lowest BCUT2D eigenvalue weighted by atomic mass is 10.1. The lowest BCUT2D eigenvalue weighted by molar-refractivity contribution is -0.121. The van der Waals surface area contributed by atoms with Crippen molar-refractivity contribution in [3.8, 4) is 22.7 Å². The fourth-order valence-electron chi connectivity index (χ4n) is 3.04. The Morgan fingerprint density at radius 2 is 1.93 bits per heavy atom. The molecule has 2 aromatic carbocycles. The zero-order chi connectivity index (χ0) is 21.3. The molecule has 1 aliphatic heterocycles. The number of rotatable bonds is 5. The molecule has 1 aromatic heterocycles. The van der Waals surface area contributed by atoms with E-state index < -0.39 is 0 Å². The molecule has 0 unspecified atom stereocenters. The molecule has 0 spiro atoms. The molecule has 0 bridgehead atoms. The van der Waals surface area contributed by atoms with Crippen molar-refractivity contribution >= 4 is 44.9 Å². The van der Waals surface area contributed by atoms with E-state index in [0.717, 1.165) is 43.7 Å². The Hall–Kier alpha value is -2.84. The molecule has 8 heteroatoms. The SMILES string of the molecule is CCOc1ccc(-c2nn(-c3ccccc3)cc2/C=C2\SC(=O)N(C)C2=O)cc1Br. The van der Waals surface area contributed by atoms with Gasteiger partial charge in [0.15, 0.2) is 0 Å². The van der Waals surface area contributed by atoms with Crippen molar-refractivity contribution < 1.29 is 14.3 Å². The molecule has 152 valence electrons. The van der Waals surface area contributed by atoms with Crippen LogP contribution in [0, 0.1) is 0 Å².